The van der Waals surface area contributed by atoms with E-state index in [1.807, 2.05) is 0 Å². The molecule has 1 aliphatic heterocycles. The van der Waals surface area contributed by atoms with Crippen molar-refractivity contribution in [2.24, 2.45) is 5.41 Å². The maximum Gasteiger partial charge on any atom is 0.241 e. The van der Waals surface area contributed by atoms with E-state index in [1.54, 1.807) is 0 Å². The first kappa shape index (κ1) is 13.9. The molecule has 1 amide bonds. The minimum atomic E-state index is 0.0777. The average molecular weight is 252 g/mol. The van der Waals surface area contributed by atoms with Crippen molar-refractivity contribution >= 4 is 5.91 Å². The number of carbonyl (C=O) groups is 1. The highest BCUT2D eigenvalue weighted by Gasteiger charge is 2.44. The van der Waals surface area contributed by atoms with E-state index >= 15 is 0 Å². The number of nitrogens with one attached hydrogen (secondary N) is 1. The number of amides is 1. The Hall–Kier alpha value is -0.570. The molecular weight excluding hydrogens is 224 g/mol. The van der Waals surface area contributed by atoms with Crippen LogP contribution in [0, 0.1) is 5.41 Å². The Morgan fingerprint density at radius 1 is 1.33 bits per heavy atom. The fourth-order valence-electron chi connectivity index (χ4n) is 3.43. The van der Waals surface area contributed by atoms with E-state index in [2.05, 4.69) is 31.0 Å². The van der Waals surface area contributed by atoms with E-state index in [9.17, 15) is 4.79 Å². The zero-order valence-electron chi connectivity index (χ0n) is 12.2. The maximum absolute atomic E-state index is 12.5. The fourth-order valence-corrected chi connectivity index (χ4v) is 3.43. The van der Waals surface area contributed by atoms with Gasteiger partial charge in [-0.3, -0.25) is 10.1 Å². The molecule has 0 aromatic rings. The van der Waals surface area contributed by atoms with Gasteiger partial charge in [-0.2, -0.15) is 0 Å². The van der Waals surface area contributed by atoms with E-state index in [-0.39, 0.29) is 12.2 Å². The van der Waals surface area contributed by atoms with Crippen LogP contribution in [0.15, 0.2) is 0 Å². The Kier molecular flexibility index (Phi) is 4.31. The molecule has 2 unspecified atom stereocenters. The molecule has 2 rings (SSSR count). The van der Waals surface area contributed by atoms with Crippen LogP contribution in [0.25, 0.3) is 0 Å². The number of hydrogen-bond acceptors (Lipinski definition) is 2. The van der Waals surface area contributed by atoms with Crippen molar-refractivity contribution < 1.29 is 4.79 Å². The minimum Gasteiger partial charge on any atom is -0.325 e. The number of rotatable bonds is 6. The first-order chi connectivity index (χ1) is 8.65. The van der Waals surface area contributed by atoms with Gasteiger partial charge in [0.2, 0.25) is 5.91 Å². The Labute approximate surface area is 111 Å². The molecule has 0 radical (unpaired) electrons. The largest absolute Gasteiger partial charge is 0.325 e. The van der Waals surface area contributed by atoms with Crippen molar-refractivity contribution in [2.75, 3.05) is 6.54 Å². The van der Waals surface area contributed by atoms with Crippen LogP contribution in [0.5, 0.6) is 0 Å². The molecular formula is C15H28N2O. The monoisotopic (exact) mass is 252 g/mol. The Balaban J connectivity index is 2.03. The van der Waals surface area contributed by atoms with Crippen LogP contribution in [-0.2, 0) is 4.79 Å². The standard InChI is InChI=1S/C15H28N2O/c1-4-8-12-14(18)17(13(5-2)16-12)11-15(6-3)9-7-10-15/h12-13,16H,4-11H2,1-3H3. The third-order valence-electron chi connectivity index (χ3n) is 4.98. The second-order valence-electron chi connectivity index (χ2n) is 6.11. The van der Waals surface area contributed by atoms with Crippen LogP contribution >= 0.6 is 0 Å². The SMILES string of the molecule is CCCC1NC(CC)N(CC2(CC)CCC2)C1=O. The van der Waals surface area contributed by atoms with E-state index in [1.165, 1.54) is 25.7 Å². The van der Waals surface area contributed by atoms with Crippen molar-refractivity contribution in [3.63, 3.8) is 0 Å². The van der Waals surface area contributed by atoms with Crippen molar-refractivity contribution in [1.82, 2.24) is 10.2 Å². The summed E-state index contributed by atoms with van der Waals surface area (Å²) in [5.74, 6) is 0.350. The topological polar surface area (TPSA) is 32.3 Å². The normalized spacial score (nSPS) is 30.6. The summed E-state index contributed by atoms with van der Waals surface area (Å²) in [5.41, 5.74) is 0.436. The van der Waals surface area contributed by atoms with Gasteiger partial charge >= 0.3 is 0 Å². The number of nitrogens with zero attached hydrogens (tertiary/aromatic N) is 1. The van der Waals surface area contributed by atoms with Gasteiger partial charge in [0.1, 0.15) is 0 Å². The van der Waals surface area contributed by atoms with Crippen molar-refractivity contribution in [1.29, 1.82) is 0 Å². The molecule has 1 N–H and O–H groups in total. The fraction of sp³-hybridized carbons (Fsp3) is 0.933. The summed E-state index contributed by atoms with van der Waals surface area (Å²) in [7, 11) is 0. The summed E-state index contributed by atoms with van der Waals surface area (Å²) in [6.45, 7) is 7.58. The van der Waals surface area contributed by atoms with Gasteiger partial charge in [0.05, 0.1) is 12.2 Å². The molecule has 18 heavy (non-hydrogen) atoms. The first-order valence-corrected chi connectivity index (χ1v) is 7.72. The molecule has 2 atom stereocenters. The summed E-state index contributed by atoms with van der Waals surface area (Å²) in [6, 6.07) is 0.0777. The maximum atomic E-state index is 12.5. The van der Waals surface area contributed by atoms with Crippen LogP contribution < -0.4 is 5.32 Å². The van der Waals surface area contributed by atoms with Gasteiger partial charge in [0.15, 0.2) is 0 Å². The van der Waals surface area contributed by atoms with E-state index in [0.717, 1.165) is 25.8 Å². The van der Waals surface area contributed by atoms with E-state index < -0.39 is 0 Å². The highest BCUT2D eigenvalue weighted by molar-refractivity contribution is 5.84. The Morgan fingerprint density at radius 2 is 2.06 bits per heavy atom. The number of carbonyl (C=O) groups excluding carboxylic acids is 1. The lowest BCUT2D eigenvalue weighted by molar-refractivity contribution is -0.133. The van der Waals surface area contributed by atoms with Gasteiger partial charge in [0, 0.05) is 6.54 Å². The molecule has 0 aromatic carbocycles. The lowest BCUT2D eigenvalue weighted by Crippen LogP contribution is -2.47. The summed E-state index contributed by atoms with van der Waals surface area (Å²) in [4.78, 5) is 14.6. The van der Waals surface area contributed by atoms with Gasteiger partial charge in [-0.1, -0.05) is 33.6 Å². The third kappa shape index (κ3) is 2.42. The summed E-state index contributed by atoms with van der Waals surface area (Å²) in [5, 5.41) is 3.51. The van der Waals surface area contributed by atoms with Crippen molar-refractivity contribution in [3.05, 3.63) is 0 Å². The predicted molar refractivity (Wildman–Crippen MR) is 74.2 cm³/mol. The highest BCUT2D eigenvalue weighted by atomic mass is 16.2. The van der Waals surface area contributed by atoms with E-state index in [0.29, 0.717) is 11.3 Å². The molecule has 1 saturated heterocycles. The van der Waals surface area contributed by atoms with Crippen LogP contribution in [0.3, 0.4) is 0 Å². The second kappa shape index (κ2) is 5.60. The molecule has 104 valence electrons. The molecule has 2 aliphatic rings. The van der Waals surface area contributed by atoms with Crippen molar-refractivity contribution in [3.8, 4) is 0 Å². The lowest BCUT2D eigenvalue weighted by atomic mass is 9.66. The summed E-state index contributed by atoms with van der Waals surface area (Å²) < 4.78 is 0. The first-order valence-electron chi connectivity index (χ1n) is 7.72. The average Bonchev–Trinajstić information content (AvgIpc) is 2.62. The summed E-state index contributed by atoms with van der Waals surface area (Å²) >= 11 is 0. The van der Waals surface area contributed by atoms with E-state index in [4.69, 9.17) is 0 Å². The minimum absolute atomic E-state index is 0.0777. The van der Waals surface area contributed by atoms with Gasteiger partial charge in [-0.15, -0.1) is 0 Å². The molecule has 1 aliphatic carbocycles. The zero-order chi connectivity index (χ0) is 13.2. The molecule has 3 heteroatoms. The Bertz CT molecular complexity index is 293. The summed E-state index contributed by atoms with van der Waals surface area (Å²) in [6.07, 6.45) is 8.52. The van der Waals surface area contributed by atoms with Crippen LogP contribution in [-0.4, -0.2) is 29.6 Å². The van der Waals surface area contributed by atoms with Gasteiger partial charge in [0.25, 0.3) is 0 Å². The molecule has 0 bridgehead atoms. The highest BCUT2D eigenvalue weighted by Crippen LogP contribution is 2.45. The van der Waals surface area contributed by atoms with Crippen molar-refractivity contribution in [2.45, 2.75) is 77.9 Å². The zero-order valence-corrected chi connectivity index (χ0v) is 12.2. The third-order valence-corrected chi connectivity index (χ3v) is 4.98. The molecule has 0 aromatic heterocycles. The molecule has 0 spiro atoms. The van der Waals surface area contributed by atoms with Gasteiger partial charge in [-0.05, 0) is 37.5 Å². The Morgan fingerprint density at radius 3 is 2.50 bits per heavy atom. The molecule has 1 heterocycles. The molecule has 2 fully saturated rings. The van der Waals surface area contributed by atoms with Gasteiger partial charge in [-0.25, -0.2) is 0 Å². The van der Waals surface area contributed by atoms with Gasteiger partial charge < -0.3 is 4.90 Å². The van der Waals surface area contributed by atoms with Crippen LogP contribution in [0.2, 0.25) is 0 Å². The molecule has 1 saturated carbocycles. The second-order valence-corrected chi connectivity index (χ2v) is 6.11. The number of hydrogen-bond donors (Lipinski definition) is 1. The van der Waals surface area contributed by atoms with Crippen LogP contribution in [0.4, 0.5) is 0 Å². The van der Waals surface area contributed by atoms with Crippen LogP contribution in [0.1, 0.15) is 65.7 Å². The quantitative estimate of drug-likeness (QED) is 0.788. The lowest BCUT2D eigenvalue weighted by Gasteiger charge is -2.45. The predicted octanol–water partition coefficient (Wildman–Crippen LogP) is 2.90. The smallest absolute Gasteiger partial charge is 0.241 e. The molecule has 3 nitrogen and oxygen atoms in total.